The summed E-state index contributed by atoms with van der Waals surface area (Å²) in [4.78, 5) is 34.5. The Kier molecular flexibility index (Phi) is 3.34. The van der Waals surface area contributed by atoms with E-state index in [1.54, 1.807) is 0 Å². The fourth-order valence-electron chi connectivity index (χ4n) is 2.18. The Morgan fingerprint density at radius 3 is 2.73 bits per heavy atom. The SMILES string of the molecule is CNC(=O)c1nc(N)c2[nH]c(=O)n(Cc3ccccc3)c2n1. The second-order valence-corrected chi connectivity index (χ2v) is 4.71. The van der Waals surface area contributed by atoms with Gasteiger partial charge in [-0.05, 0) is 5.56 Å². The number of aromatic amines is 1. The molecule has 22 heavy (non-hydrogen) atoms. The van der Waals surface area contributed by atoms with Gasteiger partial charge in [-0.25, -0.2) is 14.8 Å². The van der Waals surface area contributed by atoms with E-state index < -0.39 is 5.91 Å². The van der Waals surface area contributed by atoms with Gasteiger partial charge in [0.1, 0.15) is 5.52 Å². The molecule has 0 saturated heterocycles. The summed E-state index contributed by atoms with van der Waals surface area (Å²) in [6, 6.07) is 9.46. The van der Waals surface area contributed by atoms with Crippen molar-refractivity contribution in [3.8, 4) is 0 Å². The average Bonchev–Trinajstić information content (AvgIpc) is 2.84. The Morgan fingerprint density at radius 2 is 2.05 bits per heavy atom. The van der Waals surface area contributed by atoms with E-state index in [0.717, 1.165) is 5.56 Å². The van der Waals surface area contributed by atoms with Crippen LogP contribution >= 0.6 is 0 Å². The van der Waals surface area contributed by atoms with Crippen LogP contribution in [0.5, 0.6) is 0 Å². The van der Waals surface area contributed by atoms with Crippen LogP contribution in [-0.2, 0) is 6.54 Å². The number of carbonyl (C=O) groups is 1. The van der Waals surface area contributed by atoms with Crippen LogP contribution in [0.4, 0.5) is 5.82 Å². The first-order valence-corrected chi connectivity index (χ1v) is 6.62. The smallest absolute Gasteiger partial charge is 0.328 e. The number of imidazole rings is 1. The molecule has 3 rings (SSSR count). The van der Waals surface area contributed by atoms with Crippen LogP contribution in [0.1, 0.15) is 16.2 Å². The summed E-state index contributed by atoms with van der Waals surface area (Å²) in [6.07, 6.45) is 0. The second-order valence-electron chi connectivity index (χ2n) is 4.71. The molecule has 0 aliphatic heterocycles. The molecule has 0 radical (unpaired) electrons. The summed E-state index contributed by atoms with van der Waals surface area (Å²) >= 11 is 0. The number of nitrogens with two attached hydrogens (primary N) is 1. The first kappa shape index (κ1) is 13.8. The van der Waals surface area contributed by atoms with E-state index >= 15 is 0 Å². The number of carbonyl (C=O) groups excluding carboxylic acids is 1. The van der Waals surface area contributed by atoms with E-state index in [9.17, 15) is 9.59 Å². The minimum atomic E-state index is -0.464. The third-order valence-corrected chi connectivity index (χ3v) is 3.26. The van der Waals surface area contributed by atoms with Crippen LogP contribution in [0.3, 0.4) is 0 Å². The van der Waals surface area contributed by atoms with Crippen molar-refractivity contribution in [3.05, 3.63) is 52.2 Å². The van der Waals surface area contributed by atoms with Gasteiger partial charge in [-0.15, -0.1) is 0 Å². The molecule has 1 amide bonds. The molecule has 112 valence electrons. The number of aromatic nitrogens is 4. The molecule has 4 N–H and O–H groups in total. The number of benzene rings is 1. The third kappa shape index (κ3) is 2.30. The van der Waals surface area contributed by atoms with E-state index in [0.29, 0.717) is 17.7 Å². The zero-order valence-electron chi connectivity index (χ0n) is 11.8. The lowest BCUT2D eigenvalue weighted by molar-refractivity contribution is 0.0953. The summed E-state index contributed by atoms with van der Waals surface area (Å²) in [5.74, 6) is -0.477. The molecular weight excluding hydrogens is 284 g/mol. The minimum absolute atomic E-state index is 0.0625. The van der Waals surface area contributed by atoms with Gasteiger partial charge in [-0.2, -0.15) is 0 Å². The number of fused-ring (bicyclic) bond motifs is 1. The van der Waals surface area contributed by atoms with Crippen molar-refractivity contribution in [2.24, 2.45) is 0 Å². The lowest BCUT2D eigenvalue weighted by Gasteiger charge is -2.05. The van der Waals surface area contributed by atoms with Crippen LogP contribution in [-0.4, -0.2) is 32.5 Å². The van der Waals surface area contributed by atoms with Crippen LogP contribution in [0.2, 0.25) is 0 Å². The van der Waals surface area contributed by atoms with Gasteiger partial charge in [0.2, 0.25) is 5.82 Å². The van der Waals surface area contributed by atoms with Crippen LogP contribution in [0, 0.1) is 0 Å². The summed E-state index contributed by atoms with van der Waals surface area (Å²) in [6.45, 7) is 0.323. The van der Waals surface area contributed by atoms with Gasteiger partial charge in [0, 0.05) is 7.05 Å². The summed E-state index contributed by atoms with van der Waals surface area (Å²) in [5, 5.41) is 2.43. The quantitative estimate of drug-likeness (QED) is 0.634. The van der Waals surface area contributed by atoms with Gasteiger partial charge in [0.25, 0.3) is 5.91 Å². The molecular formula is C14H14N6O2. The van der Waals surface area contributed by atoms with E-state index in [-0.39, 0.29) is 17.3 Å². The first-order valence-electron chi connectivity index (χ1n) is 6.62. The number of H-pyrrole nitrogens is 1. The van der Waals surface area contributed by atoms with Crippen molar-refractivity contribution in [1.82, 2.24) is 24.8 Å². The largest absolute Gasteiger partial charge is 0.382 e. The zero-order chi connectivity index (χ0) is 15.7. The number of nitrogens with zero attached hydrogens (tertiary/aromatic N) is 3. The Balaban J connectivity index is 2.17. The number of hydrogen-bond donors (Lipinski definition) is 3. The maximum absolute atomic E-state index is 12.1. The predicted molar refractivity (Wildman–Crippen MR) is 81.5 cm³/mol. The van der Waals surface area contributed by atoms with Crippen molar-refractivity contribution in [2.75, 3.05) is 12.8 Å². The highest BCUT2D eigenvalue weighted by Gasteiger charge is 2.17. The van der Waals surface area contributed by atoms with Gasteiger partial charge < -0.3 is 16.0 Å². The van der Waals surface area contributed by atoms with Crippen LogP contribution in [0.15, 0.2) is 35.1 Å². The lowest BCUT2D eigenvalue weighted by Crippen LogP contribution is -2.22. The Bertz CT molecular complexity index is 897. The van der Waals surface area contributed by atoms with E-state index in [1.807, 2.05) is 30.3 Å². The number of nitrogens with one attached hydrogen (secondary N) is 2. The van der Waals surface area contributed by atoms with Gasteiger partial charge in [0.15, 0.2) is 11.5 Å². The number of amides is 1. The molecule has 1 aromatic carbocycles. The molecule has 3 aromatic rings. The van der Waals surface area contributed by atoms with Crippen LogP contribution < -0.4 is 16.7 Å². The second kappa shape index (κ2) is 5.32. The normalized spacial score (nSPS) is 10.8. The average molecular weight is 298 g/mol. The summed E-state index contributed by atoms with van der Waals surface area (Å²) < 4.78 is 1.43. The number of rotatable bonds is 3. The maximum Gasteiger partial charge on any atom is 0.328 e. The molecule has 2 heterocycles. The summed E-state index contributed by atoms with van der Waals surface area (Å²) in [5.41, 5.74) is 7.03. The van der Waals surface area contributed by atoms with Gasteiger partial charge in [0.05, 0.1) is 6.54 Å². The molecule has 0 fully saturated rings. The molecule has 8 heteroatoms. The highest BCUT2D eigenvalue weighted by molar-refractivity contribution is 5.93. The van der Waals surface area contributed by atoms with Crippen molar-refractivity contribution < 1.29 is 4.79 Å². The molecule has 0 aliphatic rings. The zero-order valence-corrected chi connectivity index (χ0v) is 11.8. The molecule has 0 aliphatic carbocycles. The Morgan fingerprint density at radius 1 is 1.32 bits per heavy atom. The molecule has 0 atom stereocenters. The van der Waals surface area contributed by atoms with Gasteiger partial charge >= 0.3 is 5.69 Å². The monoisotopic (exact) mass is 298 g/mol. The number of hydrogen-bond acceptors (Lipinski definition) is 5. The lowest BCUT2D eigenvalue weighted by atomic mass is 10.2. The Hall–Kier alpha value is -3.16. The first-order chi connectivity index (χ1) is 10.6. The molecule has 2 aromatic heterocycles. The van der Waals surface area contributed by atoms with Crippen molar-refractivity contribution >= 4 is 22.9 Å². The minimum Gasteiger partial charge on any atom is -0.382 e. The highest BCUT2D eigenvalue weighted by Crippen LogP contribution is 2.15. The number of nitrogen functional groups attached to an aromatic ring is 1. The predicted octanol–water partition coefficient (Wildman–Crippen LogP) is 0.110. The maximum atomic E-state index is 12.1. The van der Waals surface area contributed by atoms with Gasteiger partial charge in [-0.1, -0.05) is 30.3 Å². The van der Waals surface area contributed by atoms with Crippen molar-refractivity contribution in [1.29, 1.82) is 0 Å². The fourth-order valence-corrected chi connectivity index (χ4v) is 2.18. The standard InChI is InChI=1S/C14H14N6O2/c1-16-13(21)11-18-10(15)9-12(19-11)20(14(22)17-9)7-8-5-3-2-4-6-8/h2-6H,7H2,1H3,(H,16,21)(H,17,22)(H2,15,18,19). The third-order valence-electron chi connectivity index (χ3n) is 3.26. The van der Waals surface area contributed by atoms with E-state index in [1.165, 1.54) is 11.6 Å². The molecule has 0 saturated carbocycles. The molecule has 0 bridgehead atoms. The van der Waals surface area contributed by atoms with Crippen molar-refractivity contribution in [3.63, 3.8) is 0 Å². The summed E-state index contributed by atoms with van der Waals surface area (Å²) in [7, 11) is 1.47. The van der Waals surface area contributed by atoms with E-state index in [4.69, 9.17) is 5.73 Å². The van der Waals surface area contributed by atoms with Crippen molar-refractivity contribution in [2.45, 2.75) is 6.54 Å². The van der Waals surface area contributed by atoms with Gasteiger partial charge in [-0.3, -0.25) is 9.36 Å². The molecule has 0 unspecified atom stereocenters. The highest BCUT2D eigenvalue weighted by atomic mass is 16.2. The molecule has 8 nitrogen and oxygen atoms in total. The van der Waals surface area contributed by atoms with E-state index in [2.05, 4.69) is 20.3 Å². The Labute approximate surface area is 125 Å². The number of anilines is 1. The van der Waals surface area contributed by atoms with Crippen LogP contribution in [0.25, 0.3) is 11.2 Å². The molecule has 0 spiro atoms. The topological polar surface area (TPSA) is 119 Å². The fraction of sp³-hybridized carbons (Fsp3) is 0.143.